The van der Waals surface area contributed by atoms with Gasteiger partial charge in [0.1, 0.15) is 5.75 Å². The first-order chi connectivity index (χ1) is 11.5. The second kappa shape index (κ2) is 13.8. The number of rotatable bonds is 13. The Morgan fingerprint density at radius 1 is 1.00 bits per heavy atom. The summed E-state index contributed by atoms with van der Waals surface area (Å²) in [5.74, 6) is -0.560. The topological polar surface area (TPSA) is 84.9 Å². The maximum Gasteiger partial charge on any atom is 1.00 e. The molecule has 1 rings (SSSR count). The van der Waals surface area contributed by atoms with E-state index in [0.29, 0.717) is 31.7 Å². The van der Waals surface area contributed by atoms with E-state index in [-0.39, 0.29) is 35.1 Å². The van der Waals surface area contributed by atoms with Crippen LogP contribution in [0.25, 0.3) is 0 Å². The first-order valence-electron chi connectivity index (χ1n) is 8.33. The molecule has 0 bridgehead atoms. The second-order valence-electron chi connectivity index (χ2n) is 5.24. The third kappa shape index (κ3) is 10.4. The van der Waals surface area contributed by atoms with Crippen molar-refractivity contribution in [2.24, 2.45) is 0 Å². The van der Waals surface area contributed by atoms with Crippen LogP contribution < -0.4 is 39.4 Å². The summed E-state index contributed by atoms with van der Waals surface area (Å²) in [5, 5.41) is 10.6. The Hall–Kier alpha value is -0.360. The van der Waals surface area contributed by atoms with Crippen LogP contribution in [0.15, 0.2) is 24.3 Å². The average Bonchev–Trinajstić information content (AvgIpc) is 2.55. The molecule has 0 saturated heterocycles. The van der Waals surface area contributed by atoms with Gasteiger partial charge in [0.25, 0.3) is 0 Å². The van der Waals surface area contributed by atoms with Crippen LogP contribution in [0.5, 0.6) is 5.75 Å². The Balaban J connectivity index is 0.00000576. The van der Waals surface area contributed by atoms with Gasteiger partial charge in [-0.2, -0.15) is 0 Å². The van der Waals surface area contributed by atoms with E-state index in [4.69, 9.17) is 13.8 Å². The molecular weight excluding hydrogens is 354 g/mol. The molecule has 0 amide bonds. The Morgan fingerprint density at radius 2 is 1.56 bits per heavy atom. The number of benzene rings is 1. The van der Waals surface area contributed by atoms with Gasteiger partial charge in [0, 0.05) is 0 Å². The van der Waals surface area contributed by atoms with E-state index in [1.165, 1.54) is 12.1 Å². The molecule has 0 heterocycles. The summed E-state index contributed by atoms with van der Waals surface area (Å²) in [6.45, 7) is 4.95. The molecule has 0 aliphatic heterocycles. The Labute approximate surface area is 172 Å². The first-order valence-corrected chi connectivity index (χ1v) is 10.1. The minimum Gasteiger partial charge on any atom is -0.545 e. The number of ether oxygens (including phenoxy) is 1. The molecule has 0 aromatic heterocycles. The quantitative estimate of drug-likeness (QED) is 0.277. The van der Waals surface area contributed by atoms with Gasteiger partial charge < -0.3 is 23.7 Å². The maximum absolute atomic E-state index is 12.2. The molecule has 6 nitrogen and oxygen atoms in total. The maximum atomic E-state index is 12.2. The van der Waals surface area contributed by atoms with Gasteiger partial charge in [0.05, 0.1) is 32.0 Å². The zero-order chi connectivity index (χ0) is 17.8. The SMILES string of the molecule is CCOP(=O)(CCCCCCOc1ccc(C(=O)[O-])cc1)OCC.[Na+]. The van der Waals surface area contributed by atoms with Gasteiger partial charge >= 0.3 is 37.2 Å². The van der Waals surface area contributed by atoms with Crippen molar-refractivity contribution in [2.45, 2.75) is 39.5 Å². The minimum absolute atomic E-state index is 0. The molecule has 25 heavy (non-hydrogen) atoms. The number of carboxylic acid groups (broad SMARTS) is 1. The van der Waals surface area contributed by atoms with E-state index in [9.17, 15) is 14.5 Å². The summed E-state index contributed by atoms with van der Waals surface area (Å²) >= 11 is 0. The summed E-state index contributed by atoms with van der Waals surface area (Å²) in [4.78, 5) is 10.6. The van der Waals surface area contributed by atoms with Crippen LogP contribution in [-0.2, 0) is 13.6 Å². The summed E-state index contributed by atoms with van der Waals surface area (Å²) in [6, 6.07) is 6.16. The molecule has 0 unspecified atom stereocenters. The molecule has 0 aliphatic carbocycles. The van der Waals surface area contributed by atoms with Crippen molar-refractivity contribution < 1.29 is 57.8 Å². The summed E-state index contributed by atoms with van der Waals surface area (Å²) in [6.07, 6.45) is 3.99. The molecule has 8 heteroatoms. The summed E-state index contributed by atoms with van der Waals surface area (Å²) in [5.41, 5.74) is 0.135. The number of aromatic carboxylic acids is 1. The standard InChI is InChI=1S/C17H27O6P.Na/c1-3-22-24(20,23-4-2)14-8-6-5-7-13-21-16-11-9-15(10-12-16)17(18)19;/h9-12H,3-8,13-14H2,1-2H3,(H,18,19);/q;+1/p-1. The Bertz CT molecular complexity index is 524. The second-order valence-corrected chi connectivity index (χ2v) is 7.43. The van der Waals surface area contributed by atoms with Crippen molar-refractivity contribution in [1.82, 2.24) is 0 Å². The van der Waals surface area contributed by atoms with Gasteiger partial charge in [0.15, 0.2) is 0 Å². The van der Waals surface area contributed by atoms with E-state index in [0.717, 1.165) is 25.7 Å². The third-order valence-corrected chi connectivity index (χ3v) is 5.50. The molecule has 0 saturated carbocycles. The fourth-order valence-corrected chi connectivity index (χ4v) is 3.93. The largest absolute Gasteiger partial charge is 1.00 e. The number of hydrogen-bond acceptors (Lipinski definition) is 6. The molecule has 0 N–H and O–H groups in total. The smallest absolute Gasteiger partial charge is 0.545 e. The fourth-order valence-electron chi connectivity index (χ4n) is 2.20. The van der Waals surface area contributed by atoms with E-state index < -0.39 is 13.6 Å². The molecule has 0 fully saturated rings. The third-order valence-electron chi connectivity index (χ3n) is 3.34. The van der Waals surface area contributed by atoms with E-state index in [1.807, 2.05) is 13.8 Å². The van der Waals surface area contributed by atoms with E-state index in [1.54, 1.807) is 12.1 Å². The molecule has 0 spiro atoms. The zero-order valence-corrected chi connectivity index (χ0v) is 18.3. The van der Waals surface area contributed by atoms with Crippen molar-refractivity contribution in [3.63, 3.8) is 0 Å². The van der Waals surface area contributed by atoms with Gasteiger partial charge in [-0.05, 0) is 56.5 Å². The van der Waals surface area contributed by atoms with Gasteiger partial charge in [-0.1, -0.05) is 12.8 Å². The van der Waals surface area contributed by atoms with Crippen LogP contribution in [0.3, 0.4) is 0 Å². The van der Waals surface area contributed by atoms with Gasteiger partial charge in [-0.3, -0.25) is 4.57 Å². The van der Waals surface area contributed by atoms with Gasteiger partial charge in [-0.25, -0.2) is 0 Å². The van der Waals surface area contributed by atoms with Crippen molar-refractivity contribution in [1.29, 1.82) is 0 Å². The van der Waals surface area contributed by atoms with Crippen LogP contribution in [0, 0.1) is 0 Å². The Morgan fingerprint density at radius 3 is 2.08 bits per heavy atom. The number of hydrogen-bond donors (Lipinski definition) is 0. The van der Waals surface area contributed by atoms with Crippen LogP contribution >= 0.6 is 7.60 Å². The van der Waals surface area contributed by atoms with Crippen LogP contribution in [0.1, 0.15) is 49.9 Å². The van der Waals surface area contributed by atoms with Crippen molar-refractivity contribution >= 4 is 13.6 Å². The monoisotopic (exact) mass is 380 g/mol. The average molecular weight is 380 g/mol. The molecule has 1 aromatic carbocycles. The van der Waals surface area contributed by atoms with Crippen LogP contribution in [0.4, 0.5) is 0 Å². The molecule has 0 radical (unpaired) electrons. The predicted molar refractivity (Wildman–Crippen MR) is 90.5 cm³/mol. The van der Waals surface area contributed by atoms with Gasteiger partial charge in [-0.15, -0.1) is 0 Å². The fraction of sp³-hybridized carbons (Fsp3) is 0.588. The normalized spacial score (nSPS) is 11.0. The predicted octanol–water partition coefficient (Wildman–Crippen LogP) is 0.259. The van der Waals surface area contributed by atoms with Crippen LogP contribution in [-0.4, -0.2) is 32.0 Å². The van der Waals surface area contributed by atoms with E-state index in [2.05, 4.69) is 0 Å². The molecule has 0 aliphatic rings. The van der Waals surface area contributed by atoms with Crippen molar-refractivity contribution in [2.75, 3.05) is 26.0 Å². The summed E-state index contributed by atoms with van der Waals surface area (Å²) in [7, 11) is -2.92. The minimum atomic E-state index is -2.92. The zero-order valence-electron chi connectivity index (χ0n) is 15.4. The molecular formula is C17H26NaO6P. The van der Waals surface area contributed by atoms with Crippen LogP contribution in [0.2, 0.25) is 0 Å². The molecule has 1 aromatic rings. The number of carboxylic acids is 1. The number of unbranched alkanes of at least 4 members (excludes halogenated alkanes) is 3. The first kappa shape index (κ1) is 24.6. The molecule has 136 valence electrons. The molecule has 0 atom stereocenters. The number of carbonyl (C=O) groups excluding carboxylic acids is 1. The van der Waals surface area contributed by atoms with Gasteiger partial charge in [0.2, 0.25) is 0 Å². The van der Waals surface area contributed by atoms with E-state index >= 15 is 0 Å². The van der Waals surface area contributed by atoms with Crippen molar-refractivity contribution in [3.8, 4) is 5.75 Å². The number of carbonyl (C=O) groups is 1. The Kier molecular flexibility index (Phi) is 13.6. The van der Waals surface area contributed by atoms with Crippen molar-refractivity contribution in [3.05, 3.63) is 29.8 Å². The summed E-state index contributed by atoms with van der Waals surface area (Å²) < 4.78 is 28.3.